The highest BCUT2D eigenvalue weighted by Crippen LogP contribution is 2.31. The van der Waals surface area contributed by atoms with Gasteiger partial charge in [-0.2, -0.15) is 0 Å². The molecule has 0 saturated carbocycles. The van der Waals surface area contributed by atoms with Crippen LogP contribution >= 0.6 is 34.3 Å². The van der Waals surface area contributed by atoms with Gasteiger partial charge in [-0.3, -0.25) is 14.4 Å². The van der Waals surface area contributed by atoms with E-state index < -0.39 is 6.04 Å². The highest BCUT2D eigenvalue weighted by molar-refractivity contribution is 7.18. The number of carbonyl (C=O) groups is 3. The summed E-state index contributed by atoms with van der Waals surface area (Å²) in [5.41, 5.74) is 1.25. The molecule has 33 heavy (non-hydrogen) atoms. The Morgan fingerprint density at radius 3 is 2.55 bits per heavy atom. The van der Waals surface area contributed by atoms with Gasteiger partial charge in [-0.05, 0) is 56.5 Å². The quantitative estimate of drug-likeness (QED) is 0.692. The third-order valence-electron chi connectivity index (χ3n) is 6.74. The predicted molar refractivity (Wildman–Crippen MR) is 130 cm³/mol. The zero-order chi connectivity index (χ0) is 23.1. The van der Waals surface area contributed by atoms with E-state index in [9.17, 15) is 14.4 Å². The zero-order valence-electron chi connectivity index (χ0n) is 18.5. The van der Waals surface area contributed by atoms with Gasteiger partial charge in [-0.1, -0.05) is 11.6 Å². The first-order valence-corrected chi connectivity index (χ1v) is 13.4. The Kier molecular flexibility index (Phi) is 6.48. The molecule has 0 bridgehead atoms. The van der Waals surface area contributed by atoms with Crippen molar-refractivity contribution in [2.75, 3.05) is 39.8 Å². The number of hydrogen-bond acceptors (Lipinski definition) is 6. The highest BCUT2D eigenvalue weighted by Gasteiger charge is 2.43. The number of amides is 3. The maximum Gasteiger partial charge on any atom is 0.264 e. The number of nitrogens with zero attached hydrogens (tertiary/aromatic N) is 3. The van der Waals surface area contributed by atoms with Gasteiger partial charge in [-0.15, -0.1) is 22.7 Å². The third kappa shape index (κ3) is 4.69. The van der Waals surface area contributed by atoms with E-state index in [0.717, 1.165) is 45.4 Å². The van der Waals surface area contributed by atoms with E-state index in [1.54, 1.807) is 28.4 Å². The molecule has 2 aromatic heterocycles. The standard InChI is InChI=1S/C23H27ClN4O3S2/c1-26-9-5-14-11-19(32-17(14)6-10-26)23(31)28-13-15(12-16(28)22(30)27-7-2-8-27)25-21(29)18-3-4-20(24)33-18/h3-4,11,15-16H,2,5-10,12-13H2,1H3,(H,25,29). The lowest BCUT2D eigenvalue weighted by Gasteiger charge is -2.35. The lowest BCUT2D eigenvalue weighted by Crippen LogP contribution is -2.52. The maximum atomic E-state index is 13.6. The summed E-state index contributed by atoms with van der Waals surface area (Å²) in [5, 5.41) is 3.01. The summed E-state index contributed by atoms with van der Waals surface area (Å²) >= 11 is 8.75. The Morgan fingerprint density at radius 2 is 1.85 bits per heavy atom. The van der Waals surface area contributed by atoms with Crippen LogP contribution in [0.5, 0.6) is 0 Å². The minimum atomic E-state index is -0.539. The van der Waals surface area contributed by atoms with Crippen LogP contribution in [0.15, 0.2) is 18.2 Å². The molecule has 2 fully saturated rings. The van der Waals surface area contributed by atoms with Crippen molar-refractivity contribution in [3.63, 3.8) is 0 Å². The van der Waals surface area contributed by atoms with Crippen LogP contribution in [0.1, 0.15) is 42.6 Å². The van der Waals surface area contributed by atoms with Crippen LogP contribution in [0.3, 0.4) is 0 Å². The number of likely N-dealkylation sites (N-methyl/N-ethyl adjacent to an activating group) is 1. The SMILES string of the molecule is CN1CCc2cc(C(=O)N3CC(NC(=O)c4ccc(Cl)s4)CC3C(=O)N3CCC3)sc2CC1. The van der Waals surface area contributed by atoms with Gasteiger partial charge in [0.2, 0.25) is 5.91 Å². The molecule has 2 saturated heterocycles. The molecule has 0 radical (unpaired) electrons. The van der Waals surface area contributed by atoms with Crippen molar-refractivity contribution >= 4 is 52.0 Å². The van der Waals surface area contributed by atoms with Crippen molar-refractivity contribution < 1.29 is 14.4 Å². The second kappa shape index (κ2) is 9.37. The second-order valence-electron chi connectivity index (χ2n) is 9.02. The fraction of sp³-hybridized carbons (Fsp3) is 0.522. The number of hydrogen-bond donors (Lipinski definition) is 1. The molecule has 176 valence electrons. The number of carbonyl (C=O) groups excluding carboxylic acids is 3. The van der Waals surface area contributed by atoms with Gasteiger partial charge in [0, 0.05) is 43.6 Å². The number of likely N-dealkylation sites (tertiary alicyclic amines) is 2. The zero-order valence-corrected chi connectivity index (χ0v) is 20.9. The summed E-state index contributed by atoms with van der Waals surface area (Å²) in [5.74, 6) is -0.324. The topological polar surface area (TPSA) is 73.0 Å². The average Bonchev–Trinajstić information content (AvgIpc) is 3.45. The Hall–Kier alpha value is -1.94. The molecule has 2 unspecified atom stereocenters. The van der Waals surface area contributed by atoms with Crippen LogP contribution in [0.25, 0.3) is 0 Å². The van der Waals surface area contributed by atoms with Gasteiger partial charge in [0.15, 0.2) is 0 Å². The molecule has 10 heteroatoms. The molecule has 3 aliphatic heterocycles. The first-order valence-electron chi connectivity index (χ1n) is 11.3. The highest BCUT2D eigenvalue weighted by atomic mass is 35.5. The van der Waals surface area contributed by atoms with Crippen LogP contribution in [-0.4, -0.2) is 84.3 Å². The Bertz CT molecular complexity index is 1050. The summed E-state index contributed by atoms with van der Waals surface area (Å²) in [6, 6.07) is 4.60. The van der Waals surface area contributed by atoms with Gasteiger partial charge in [0.05, 0.1) is 14.1 Å². The van der Waals surface area contributed by atoms with Crippen molar-refractivity contribution in [3.8, 4) is 0 Å². The normalized spacial score (nSPS) is 23.1. The van der Waals surface area contributed by atoms with Crippen molar-refractivity contribution in [2.45, 2.75) is 37.8 Å². The summed E-state index contributed by atoms with van der Waals surface area (Å²) in [6.45, 7) is 3.78. The largest absolute Gasteiger partial charge is 0.347 e. The summed E-state index contributed by atoms with van der Waals surface area (Å²) in [4.78, 5) is 47.7. The third-order valence-corrected chi connectivity index (χ3v) is 9.19. The minimum Gasteiger partial charge on any atom is -0.347 e. The van der Waals surface area contributed by atoms with Gasteiger partial charge in [0.1, 0.15) is 6.04 Å². The van der Waals surface area contributed by atoms with E-state index in [1.165, 1.54) is 21.8 Å². The van der Waals surface area contributed by atoms with Crippen molar-refractivity contribution in [1.29, 1.82) is 0 Å². The molecular formula is C23H27ClN4O3S2. The van der Waals surface area contributed by atoms with Gasteiger partial charge in [-0.25, -0.2) is 0 Å². The monoisotopic (exact) mass is 506 g/mol. The van der Waals surface area contributed by atoms with Gasteiger partial charge < -0.3 is 20.0 Å². The molecular weight excluding hydrogens is 480 g/mol. The fourth-order valence-corrected chi connectivity index (χ4v) is 6.79. The summed E-state index contributed by atoms with van der Waals surface area (Å²) in [7, 11) is 2.12. The lowest BCUT2D eigenvalue weighted by atomic mass is 10.1. The molecule has 0 spiro atoms. The molecule has 1 N–H and O–H groups in total. The predicted octanol–water partition coefficient (Wildman–Crippen LogP) is 2.74. The smallest absolute Gasteiger partial charge is 0.264 e. The van der Waals surface area contributed by atoms with Crippen LogP contribution in [-0.2, 0) is 17.6 Å². The van der Waals surface area contributed by atoms with Crippen LogP contribution in [0, 0.1) is 0 Å². The first-order chi connectivity index (χ1) is 15.9. The fourth-order valence-electron chi connectivity index (χ4n) is 4.69. The molecule has 0 aromatic carbocycles. The van der Waals surface area contributed by atoms with E-state index in [1.807, 2.05) is 11.0 Å². The first kappa shape index (κ1) is 22.8. The molecule has 5 heterocycles. The number of nitrogens with one attached hydrogen (secondary N) is 1. The number of fused-ring (bicyclic) bond motifs is 1. The minimum absolute atomic E-state index is 0.00902. The molecule has 2 aromatic rings. The Balaban J connectivity index is 1.34. The lowest BCUT2D eigenvalue weighted by molar-refractivity contribution is -0.138. The molecule has 5 rings (SSSR count). The van der Waals surface area contributed by atoms with Crippen molar-refractivity contribution in [2.24, 2.45) is 0 Å². The van der Waals surface area contributed by atoms with Gasteiger partial charge >= 0.3 is 0 Å². The van der Waals surface area contributed by atoms with Crippen LogP contribution in [0.4, 0.5) is 0 Å². The Morgan fingerprint density at radius 1 is 1.06 bits per heavy atom. The second-order valence-corrected chi connectivity index (χ2v) is 11.9. The molecule has 2 atom stereocenters. The van der Waals surface area contributed by atoms with E-state index >= 15 is 0 Å². The number of halogens is 1. The van der Waals surface area contributed by atoms with Crippen molar-refractivity contribution in [1.82, 2.24) is 20.0 Å². The average molecular weight is 507 g/mol. The molecule has 0 aliphatic carbocycles. The number of thiophene rings is 2. The maximum absolute atomic E-state index is 13.6. The van der Waals surface area contributed by atoms with Crippen LogP contribution in [0.2, 0.25) is 4.34 Å². The molecule has 3 amide bonds. The molecule has 7 nitrogen and oxygen atoms in total. The van der Waals surface area contributed by atoms with E-state index in [-0.39, 0.29) is 23.8 Å². The summed E-state index contributed by atoms with van der Waals surface area (Å²) < 4.78 is 0.554. The van der Waals surface area contributed by atoms with Crippen molar-refractivity contribution in [3.05, 3.63) is 42.7 Å². The van der Waals surface area contributed by atoms with E-state index in [4.69, 9.17) is 11.6 Å². The van der Waals surface area contributed by atoms with Crippen LogP contribution < -0.4 is 5.32 Å². The van der Waals surface area contributed by atoms with E-state index in [2.05, 4.69) is 17.3 Å². The van der Waals surface area contributed by atoms with E-state index in [0.29, 0.717) is 27.1 Å². The Labute approximate surface area is 206 Å². The summed E-state index contributed by atoms with van der Waals surface area (Å²) in [6.07, 6.45) is 3.31. The number of rotatable bonds is 4. The molecule has 3 aliphatic rings. The van der Waals surface area contributed by atoms with Gasteiger partial charge in [0.25, 0.3) is 11.8 Å².